The van der Waals surface area contributed by atoms with Crippen LogP contribution in [0.3, 0.4) is 0 Å². The van der Waals surface area contributed by atoms with E-state index < -0.39 is 23.4 Å². The monoisotopic (exact) mass is 216 g/mol. The fourth-order valence-electron chi connectivity index (χ4n) is 0.913. The van der Waals surface area contributed by atoms with Crippen LogP contribution in [-0.4, -0.2) is 16.1 Å². The number of rotatable bonds is 1. The van der Waals surface area contributed by atoms with Gasteiger partial charge in [0.2, 0.25) is 0 Å². The van der Waals surface area contributed by atoms with Crippen molar-refractivity contribution in [2.45, 2.75) is 6.18 Å². The lowest BCUT2D eigenvalue weighted by Gasteiger charge is -2.08. The number of carboxylic acids is 1. The molecule has 0 spiro atoms. The van der Waals surface area contributed by atoms with Gasteiger partial charge in [-0.05, 0) is 12.1 Å². The number of alkyl halides is 3. The minimum absolute atomic E-state index is 0.375. The Hall–Kier alpha value is -2.10. The van der Waals surface area contributed by atoms with E-state index in [0.29, 0.717) is 6.07 Å². The van der Waals surface area contributed by atoms with Gasteiger partial charge in [-0.2, -0.15) is 18.4 Å². The molecule has 0 aliphatic heterocycles. The largest absolute Gasteiger partial charge is 0.476 e. The maximum atomic E-state index is 12.3. The van der Waals surface area contributed by atoms with Crippen LogP contribution in [0.5, 0.6) is 0 Å². The number of halogens is 3. The first-order valence-electron chi connectivity index (χ1n) is 3.58. The molecule has 1 heterocycles. The van der Waals surface area contributed by atoms with Gasteiger partial charge in [0.05, 0.1) is 5.56 Å². The van der Waals surface area contributed by atoms with Gasteiger partial charge in [0, 0.05) is 0 Å². The molecule has 0 saturated carbocycles. The third-order valence-electron chi connectivity index (χ3n) is 1.52. The van der Waals surface area contributed by atoms with Crippen LogP contribution in [0.2, 0.25) is 0 Å². The SMILES string of the molecule is N#Cc1ccc(C(F)(F)F)c(C(=O)O)n1. The Kier molecular flexibility index (Phi) is 2.61. The van der Waals surface area contributed by atoms with Crippen LogP contribution in [0, 0.1) is 11.3 Å². The molecule has 0 aliphatic carbocycles. The van der Waals surface area contributed by atoms with E-state index in [9.17, 15) is 18.0 Å². The molecule has 0 saturated heterocycles. The predicted molar refractivity (Wildman–Crippen MR) is 40.9 cm³/mol. The van der Waals surface area contributed by atoms with Crippen molar-refractivity contribution in [2.24, 2.45) is 0 Å². The minimum Gasteiger partial charge on any atom is -0.476 e. The van der Waals surface area contributed by atoms with Crippen molar-refractivity contribution in [3.8, 4) is 6.07 Å². The summed E-state index contributed by atoms with van der Waals surface area (Å²) in [6, 6.07) is 2.80. The highest BCUT2D eigenvalue weighted by atomic mass is 19.4. The van der Waals surface area contributed by atoms with Crippen molar-refractivity contribution in [2.75, 3.05) is 0 Å². The molecule has 0 aromatic carbocycles. The van der Waals surface area contributed by atoms with Gasteiger partial charge in [-0.25, -0.2) is 9.78 Å². The van der Waals surface area contributed by atoms with Gasteiger partial charge in [0.25, 0.3) is 0 Å². The molecular formula is C8H3F3N2O2. The number of nitriles is 1. The second-order valence-electron chi connectivity index (χ2n) is 2.51. The highest BCUT2D eigenvalue weighted by Gasteiger charge is 2.36. The quantitative estimate of drug-likeness (QED) is 0.774. The lowest BCUT2D eigenvalue weighted by atomic mass is 10.1. The molecule has 1 aromatic rings. The lowest BCUT2D eigenvalue weighted by Crippen LogP contribution is -2.15. The zero-order valence-corrected chi connectivity index (χ0v) is 7.04. The molecule has 0 unspecified atom stereocenters. The molecule has 0 atom stereocenters. The first-order valence-corrected chi connectivity index (χ1v) is 3.58. The van der Waals surface area contributed by atoms with Gasteiger partial charge in [-0.15, -0.1) is 0 Å². The van der Waals surface area contributed by atoms with Crippen molar-refractivity contribution >= 4 is 5.97 Å². The van der Waals surface area contributed by atoms with Gasteiger partial charge in [0.1, 0.15) is 11.8 Å². The number of nitrogens with zero attached hydrogens (tertiary/aromatic N) is 2. The average Bonchev–Trinajstić information content (AvgIpc) is 2.15. The van der Waals surface area contributed by atoms with Crippen LogP contribution in [0.1, 0.15) is 21.7 Å². The van der Waals surface area contributed by atoms with Crippen LogP contribution >= 0.6 is 0 Å². The Morgan fingerprint density at radius 2 is 2.07 bits per heavy atom. The first kappa shape index (κ1) is 11.0. The van der Waals surface area contributed by atoms with Crippen molar-refractivity contribution in [3.63, 3.8) is 0 Å². The Bertz CT molecular complexity index is 448. The smallest absolute Gasteiger partial charge is 0.418 e. The summed E-state index contributed by atoms with van der Waals surface area (Å²) < 4.78 is 36.8. The number of aromatic carboxylic acids is 1. The van der Waals surface area contributed by atoms with Gasteiger partial charge in [0.15, 0.2) is 5.69 Å². The second-order valence-corrected chi connectivity index (χ2v) is 2.51. The number of pyridine rings is 1. The molecular weight excluding hydrogens is 213 g/mol. The van der Waals surface area contributed by atoms with E-state index in [1.54, 1.807) is 0 Å². The molecule has 1 rings (SSSR count). The highest BCUT2D eigenvalue weighted by molar-refractivity contribution is 5.87. The van der Waals surface area contributed by atoms with E-state index in [1.165, 1.54) is 6.07 Å². The molecule has 0 radical (unpaired) electrons. The molecule has 7 heteroatoms. The van der Waals surface area contributed by atoms with E-state index in [0.717, 1.165) is 6.07 Å². The predicted octanol–water partition coefficient (Wildman–Crippen LogP) is 1.67. The van der Waals surface area contributed by atoms with Crippen molar-refractivity contribution in [1.29, 1.82) is 5.26 Å². The molecule has 78 valence electrons. The Morgan fingerprint density at radius 1 is 1.47 bits per heavy atom. The van der Waals surface area contributed by atoms with Crippen molar-refractivity contribution in [3.05, 3.63) is 29.1 Å². The van der Waals surface area contributed by atoms with Crippen LogP contribution in [0.25, 0.3) is 0 Å². The molecule has 4 nitrogen and oxygen atoms in total. The van der Waals surface area contributed by atoms with E-state index in [-0.39, 0.29) is 5.69 Å². The van der Waals surface area contributed by atoms with E-state index in [2.05, 4.69) is 4.98 Å². The average molecular weight is 216 g/mol. The van der Waals surface area contributed by atoms with Crippen molar-refractivity contribution in [1.82, 2.24) is 4.98 Å². The zero-order chi connectivity index (χ0) is 11.6. The highest BCUT2D eigenvalue weighted by Crippen LogP contribution is 2.31. The Labute approximate surface area is 81.6 Å². The van der Waals surface area contributed by atoms with Crippen LogP contribution < -0.4 is 0 Å². The lowest BCUT2D eigenvalue weighted by molar-refractivity contribution is -0.138. The molecule has 1 N–H and O–H groups in total. The molecule has 0 aliphatic rings. The van der Waals surface area contributed by atoms with E-state index >= 15 is 0 Å². The summed E-state index contributed by atoms with van der Waals surface area (Å²) in [5, 5.41) is 16.8. The van der Waals surface area contributed by atoms with Crippen LogP contribution in [0.4, 0.5) is 13.2 Å². The van der Waals surface area contributed by atoms with E-state index in [4.69, 9.17) is 10.4 Å². The van der Waals surface area contributed by atoms with Crippen LogP contribution in [-0.2, 0) is 6.18 Å². The standard InChI is InChI=1S/C8H3F3N2O2/c9-8(10,11)5-2-1-4(3-12)13-6(5)7(14)15/h1-2H,(H,14,15). The van der Waals surface area contributed by atoms with Gasteiger partial charge in [-0.1, -0.05) is 0 Å². The van der Waals surface area contributed by atoms with Crippen LogP contribution in [0.15, 0.2) is 12.1 Å². The maximum absolute atomic E-state index is 12.3. The summed E-state index contributed by atoms with van der Waals surface area (Å²) in [5.74, 6) is -1.82. The fraction of sp³-hybridized carbons (Fsp3) is 0.125. The number of hydrogen-bond donors (Lipinski definition) is 1. The number of aromatic nitrogens is 1. The van der Waals surface area contributed by atoms with Crippen molar-refractivity contribution < 1.29 is 23.1 Å². The topological polar surface area (TPSA) is 74.0 Å². The number of carboxylic acid groups (broad SMARTS) is 1. The summed E-state index contributed by atoms with van der Waals surface area (Å²) in [7, 11) is 0. The summed E-state index contributed by atoms with van der Waals surface area (Å²) in [5.41, 5.74) is -2.91. The molecule has 15 heavy (non-hydrogen) atoms. The molecule has 0 bridgehead atoms. The molecule has 0 fully saturated rings. The Balaban J connectivity index is 3.42. The summed E-state index contributed by atoms with van der Waals surface area (Å²) in [6.07, 6.45) is -4.80. The van der Waals surface area contributed by atoms with E-state index in [1.807, 2.05) is 0 Å². The summed E-state index contributed by atoms with van der Waals surface area (Å²) >= 11 is 0. The maximum Gasteiger partial charge on any atom is 0.418 e. The van der Waals surface area contributed by atoms with Gasteiger partial charge in [-0.3, -0.25) is 0 Å². The molecule has 1 aromatic heterocycles. The van der Waals surface area contributed by atoms with Gasteiger partial charge < -0.3 is 5.11 Å². The Morgan fingerprint density at radius 3 is 2.47 bits per heavy atom. The molecule has 0 amide bonds. The minimum atomic E-state index is -4.80. The zero-order valence-electron chi connectivity index (χ0n) is 7.04. The summed E-state index contributed by atoms with van der Waals surface area (Å²) in [6.45, 7) is 0. The third kappa shape index (κ3) is 2.22. The first-order chi connectivity index (χ1) is 6.86. The normalized spacial score (nSPS) is 10.8. The number of hydrogen-bond acceptors (Lipinski definition) is 3. The number of carbonyl (C=O) groups is 1. The van der Waals surface area contributed by atoms with Gasteiger partial charge >= 0.3 is 12.1 Å². The fourth-order valence-corrected chi connectivity index (χ4v) is 0.913. The summed E-state index contributed by atoms with van der Waals surface area (Å²) in [4.78, 5) is 13.5. The second kappa shape index (κ2) is 3.57. The third-order valence-corrected chi connectivity index (χ3v) is 1.52.